The van der Waals surface area contributed by atoms with Crippen molar-refractivity contribution in [3.05, 3.63) is 0 Å². The molecule has 2 fully saturated rings. The van der Waals surface area contributed by atoms with Crippen molar-refractivity contribution in [1.82, 2.24) is 0 Å². The fraction of sp³-hybridized carbons (Fsp3) is 0.947. The van der Waals surface area contributed by atoms with E-state index in [0.29, 0.717) is 6.10 Å². The third-order valence-electron chi connectivity index (χ3n) is 5.24. The van der Waals surface area contributed by atoms with Gasteiger partial charge in [-0.2, -0.15) is 12.6 Å². The minimum Gasteiger partial charge on any atom is -0.183 e. The third kappa shape index (κ3) is 6.39. The van der Waals surface area contributed by atoms with Crippen molar-refractivity contribution in [3.8, 4) is 0 Å². The van der Waals surface area contributed by atoms with E-state index >= 15 is 0 Å². The summed E-state index contributed by atoms with van der Waals surface area (Å²) in [4.78, 5) is 0. The molecule has 0 saturated heterocycles. The molecular weight excluding hydrogens is 287 g/mol. The standard InChI is InChI=1S/C16H29BO.C2H6.CH4S/c1-4-18-16-10-9-13(12(2)11-17-3)14-7-5-6-8-15(14)16;2*1-2/h11-16H,4-10H2,1-3H3;1-2H3;2H,1H3. The first-order valence-corrected chi connectivity index (χ1v) is 10.4. The van der Waals surface area contributed by atoms with Gasteiger partial charge in [-0.3, -0.25) is 0 Å². The van der Waals surface area contributed by atoms with Crippen LogP contribution in [-0.2, 0) is 4.74 Å². The van der Waals surface area contributed by atoms with Crippen LogP contribution in [0.3, 0.4) is 0 Å². The van der Waals surface area contributed by atoms with Crippen molar-refractivity contribution in [3.63, 3.8) is 0 Å². The summed E-state index contributed by atoms with van der Waals surface area (Å²) in [6.07, 6.45) is 10.7. The summed E-state index contributed by atoms with van der Waals surface area (Å²) in [6.45, 7) is 13.8. The summed E-state index contributed by atoms with van der Waals surface area (Å²) in [5.74, 6) is 5.85. The van der Waals surface area contributed by atoms with Crippen LogP contribution in [0.4, 0.5) is 0 Å². The molecule has 0 aromatic carbocycles. The van der Waals surface area contributed by atoms with Crippen LogP contribution in [-0.4, -0.2) is 31.9 Å². The molecule has 0 heterocycles. The molecule has 0 bridgehead atoms. The number of thiol groups is 1. The summed E-state index contributed by atoms with van der Waals surface area (Å²) in [5, 5.41) is 0. The van der Waals surface area contributed by atoms with E-state index in [-0.39, 0.29) is 0 Å². The van der Waals surface area contributed by atoms with Crippen molar-refractivity contribution >= 4 is 25.5 Å². The Morgan fingerprint density at radius 3 is 2.23 bits per heavy atom. The average molecular weight is 326 g/mol. The molecule has 5 atom stereocenters. The van der Waals surface area contributed by atoms with Gasteiger partial charge in [0.15, 0.2) is 0 Å². The number of fused-ring (bicyclic) bond motifs is 1. The molecule has 0 N–H and O–H groups in total. The van der Waals surface area contributed by atoms with Crippen LogP contribution >= 0.6 is 12.6 Å². The second-order valence-electron chi connectivity index (χ2n) is 6.23. The topological polar surface area (TPSA) is 9.23 Å². The Morgan fingerprint density at radius 1 is 1.09 bits per heavy atom. The normalized spacial score (nSPS) is 31.8. The first-order valence-electron chi connectivity index (χ1n) is 9.47. The molecule has 0 amide bonds. The Balaban J connectivity index is 0.00000102. The minimum atomic E-state index is 0.564. The first-order chi connectivity index (χ1) is 10.8. The zero-order valence-corrected chi connectivity index (χ0v) is 16.7. The zero-order valence-electron chi connectivity index (χ0n) is 15.8. The second kappa shape index (κ2) is 13.7. The first kappa shape index (κ1) is 22.2. The van der Waals surface area contributed by atoms with Gasteiger partial charge in [0, 0.05) is 0 Å². The molecule has 0 aromatic rings. The van der Waals surface area contributed by atoms with Crippen molar-refractivity contribution in [2.24, 2.45) is 23.7 Å². The van der Waals surface area contributed by atoms with Gasteiger partial charge in [0.2, 0.25) is 0 Å². The summed E-state index contributed by atoms with van der Waals surface area (Å²) in [6, 6.07) is 0. The molecule has 3 heteroatoms. The van der Waals surface area contributed by atoms with Crippen LogP contribution in [0.25, 0.3) is 0 Å². The fourth-order valence-corrected chi connectivity index (χ4v) is 4.49. The maximum absolute atomic E-state index is 6.02. The van der Waals surface area contributed by atoms with Gasteiger partial charge in [-0.05, 0) is 6.26 Å². The molecule has 130 valence electrons. The van der Waals surface area contributed by atoms with Crippen LogP contribution in [0.15, 0.2) is 0 Å². The van der Waals surface area contributed by atoms with Crippen molar-refractivity contribution in [1.29, 1.82) is 0 Å². The summed E-state index contributed by atoms with van der Waals surface area (Å²) >= 11 is 3.53. The van der Waals surface area contributed by atoms with E-state index in [2.05, 4.69) is 46.2 Å². The molecule has 22 heavy (non-hydrogen) atoms. The quantitative estimate of drug-likeness (QED) is 0.540. The zero-order chi connectivity index (χ0) is 17.0. The Labute approximate surface area is 146 Å². The van der Waals surface area contributed by atoms with Gasteiger partial charge >= 0.3 is 113 Å². The largest absolute Gasteiger partial charge is 0.183 e. The predicted octanol–water partition coefficient (Wildman–Crippen LogP) is 5.37. The van der Waals surface area contributed by atoms with Gasteiger partial charge in [-0.15, -0.1) is 0 Å². The molecule has 2 aliphatic carbocycles. The van der Waals surface area contributed by atoms with E-state index in [9.17, 15) is 0 Å². The van der Waals surface area contributed by atoms with Gasteiger partial charge in [-0.25, -0.2) is 0 Å². The third-order valence-corrected chi connectivity index (χ3v) is 5.24. The van der Waals surface area contributed by atoms with E-state index in [1.54, 1.807) is 6.26 Å². The average Bonchev–Trinajstić information content (AvgIpc) is 2.59. The smallest absolute Gasteiger partial charge is 0.0215 e. The molecule has 5 unspecified atom stereocenters. The van der Waals surface area contributed by atoms with Crippen LogP contribution < -0.4 is 0 Å². The molecule has 0 aliphatic heterocycles. The summed E-state index contributed by atoms with van der Waals surface area (Å²) in [7, 11) is 0. The van der Waals surface area contributed by atoms with Gasteiger partial charge in [-0.1, -0.05) is 13.8 Å². The number of rotatable bonds is 4. The minimum absolute atomic E-state index is 0.564. The maximum Gasteiger partial charge on any atom is -0.0215 e. The molecule has 1 nitrogen and oxygen atoms in total. The molecule has 2 rings (SSSR count). The number of ether oxygens (including phenoxy) is 1. The summed E-state index contributed by atoms with van der Waals surface area (Å²) in [5.41, 5.74) is 0. The summed E-state index contributed by atoms with van der Waals surface area (Å²) < 4.78 is 6.02. The Kier molecular flexibility index (Phi) is 13.8. The molecule has 2 saturated carbocycles. The monoisotopic (exact) mass is 326 g/mol. The van der Waals surface area contributed by atoms with Gasteiger partial charge in [0.25, 0.3) is 0 Å². The van der Waals surface area contributed by atoms with E-state index in [4.69, 9.17) is 4.74 Å². The maximum atomic E-state index is 6.02. The van der Waals surface area contributed by atoms with E-state index in [1.807, 2.05) is 13.8 Å². The van der Waals surface area contributed by atoms with Crippen molar-refractivity contribution in [2.75, 3.05) is 12.9 Å². The van der Waals surface area contributed by atoms with Crippen molar-refractivity contribution in [2.45, 2.75) is 79.1 Å². The predicted molar refractivity (Wildman–Crippen MR) is 107 cm³/mol. The van der Waals surface area contributed by atoms with E-state index < -0.39 is 0 Å². The SMILES string of the molecule is CB=CC(C)C1CCC(OCC)C2CCCCC12.CC.CS. The van der Waals surface area contributed by atoms with Gasteiger partial charge in [0.1, 0.15) is 0 Å². The Morgan fingerprint density at radius 2 is 1.68 bits per heavy atom. The van der Waals surface area contributed by atoms with E-state index in [1.165, 1.54) is 38.5 Å². The molecule has 0 aromatic heterocycles. The molecule has 0 spiro atoms. The Bertz CT molecular complexity index is 283. The van der Waals surface area contributed by atoms with Crippen molar-refractivity contribution < 1.29 is 4.74 Å². The van der Waals surface area contributed by atoms with Crippen LogP contribution in [0, 0.1) is 23.7 Å². The van der Waals surface area contributed by atoms with Crippen LogP contribution in [0.2, 0.25) is 6.82 Å². The van der Waals surface area contributed by atoms with Gasteiger partial charge < -0.3 is 0 Å². The van der Waals surface area contributed by atoms with Gasteiger partial charge in [0.05, 0.1) is 0 Å². The molecule has 2 aliphatic rings. The number of hydrogen-bond acceptors (Lipinski definition) is 2. The Hall–Kier alpha value is 0.245. The molecule has 0 radical (unpaired) electrons. The number of hydrogen-bond donors (Lipinski definition) is 1. The van der Waals surface area contributed by atoms with Crippen LogP contribution in [0.5, 0.6) is 0 Å². The van der Waals surface area contributed by atoms with Crippen LogP contribution in [0.1, 0.15) is 66.2 Å². The van der Waals surface area contributed by atoms with E-state index in [0.717, 1.165) is 30.3 Å². The molecular formula is C19H39BOS. The fourth-order valence-electron chi connectivity index (χ4n) is 4.49. The second-order valence-corrected chi connectivity index (χ2v) is 6.23.